The lowest BCUT2D eigenvalue weighted by molar-refractivity contribution is 0.627. The second kappa shape index (κ2) is 4.63. The number of halogens is 1. The maximum absolute atomic E-state index is 12.7. The molecule has 0 nitrogen and oxygen atoms in total. The largest absolute Gasteiger partial charge is 0.207 e. The van der Waals surface area contributed by atoms with Crippen molar-refractivity contribution in [1.82, 2.24) is 0 Å². The standard InChI is InChI=1S/C15H11F/c1-2-13-5-3-4-6-14(13)11-12-7-9-15(16)10-8-12/h1,3-10H,11H2. The Morgan fingerprint density at radius 1 is 1.00 bits per heavy atom. The monoisotopic (exact) mass is 210 g/mol. The molecule has 0 saturated carbocycles. The minimum atomic E-state index is -0.214. The number of benzene rings is 2. The molecule has 0 fully saturated rings. The van der Waals surface area contributed by atoms with E-state index in [0.717, 1.165) is 23.1 Å². The molecule has 0 aliphatic rings. The van der Waals surface area contributed by atoms with Crippen LogP contribution in [0.15, 0.2) is 48.5 Å². The zero-order chi connectivity index (χ0) is 11.4. The van der Waals surface area contributed by atoms with Crippen LogP contribution in [0.3, 0.4) is 0 Å². The van der Waals surface area contributed by atoms with Crippen LogP contribution in [0, 0.1) is 18.2 Å². The van der Waals surface area contributed by atoms with Crippen molar-refractivity contribution in [2.75, 3.05) is 0 Å². The van der Waals surface area contributed by atoms with Crippen LogP contribution < -0.4 is 0 Å². The topological polar surface area (TPSA) is 0 Å². The van der Waals surface area contributed by atoms with E-state index < -0.39 is 0 Å². The molecule has 2 aromatic rings. The zero-order valence-electron chi connectivity index (χ0n) is 8.78. The number of hydrogen-bond acceptors (Lipinski definition) is 0. The fourth-order valence-corrected chi connectivity index (χ4v) is 1.64. The normalized spacial score (nSPS) is 9.75. The van der Waals surface area contributed by atoms with Gasteiger partial charge in [0.25, 0.3) is 0 Å². The summed E-state index contributed by atoms with van der Waals surface area (Å²) < 4.78 is 12.7. The van der Waals surface area contributed by atoms with Crippen molar-refractivity contribution < 1.29 is 4.39 Å². The van der Waals surface area contributed by atoms with E-state index in [1.807, 2.05) is 24.3 Å². The van der Waals surface area contributed by atoms with Crippen molar-refractivity contribution in [3.63, 3.8) is 0 Å². The molecule has 0 radical (unpaired) electrons. The predicted molar refractivity (Wildman–Crippen MR) is 63.6 cm³/mol. The lowest BCUT2D eigenvalue weighted by Gasteiger charge is -2.04. The van der Waals surface area contributed by atoms with Crippen molar-refractivity contribution in [1.29, 1.82) is 0 Å². The Balaban J connectivity index is 2.27. The maximum atomic E-state index is 12.7. The van der Waals surface area contributed by atoms with Gasteiger partial charge < -0.3 is 0 Å². The lowest BCUT2D eigenvalue weighted by Crippen LogP contribution is -1.92. The van der Waals surface area contributed by atoms with Gasteiger partial charge in [-0.15, -0.1) is 6.42 Å². The van der Waals surface area contributed by atoms with Gasteiger partial charge in [-0.05, 0) is 35.7 Å². The molecule has 1 heteroatoms. The molecule has 0 bridgehead atoms. The van der Waals surface area contributed by atoms with E-state index >= 15 is 0 Å². The van der Waals surface area contributed by atoms with Crippen LogP contribution in [0.2, 0.25) is 0 Å². The summed E-state index contributed by atoms with van der Waals surface area (Å²) in [6.45, 7) is 0. The van der Waals surface area contributed by atoms with Gasteiger partial charge in [0.1, 0.15) is 5.82 Å². The average molecular weight is 210 g/mol. The van der Waals surface area contributed by atoms with Crippen LogP contribution in [0.4, 0.5) is 4.39 Å². The van der Waals surface area contributed by atoms with E-state index in [1.54, 1.807) is 12.1 Å². The van der Waals surface area contributed by atoms with Crippen molar-refractivity contribution in [2.24, 2.45) is 0 Å². The molecular formula is C15H11F. The molecule has 0 amide bonds. The molecule has 2 aromatic carbocycles. The smallest absolute Gasteiger partial charge is 0.123 e. The second-order valence-corrected chi connectivity index (χ2v) is 3.60. The van der Waals surface area contributed by atoms with E-state index in [4.69, 9.17) is 6.42 Å². The third kappa shape index (κ3) is 2.29. The number of hydrogen-bond donors (Lipinski definition) is 0. The van der Waals surface area contributed by atoms with Gasteiger partial charge in [0, 0.05) is 5.56 Å². The highest BCUT2D eigenvalue weighted by atomic mass is 19.1. The third-order valence-electron chi connectivity index (χ3n) is 2.48. The molecule has 78 valence electrons. The molecule has 0 saturated heterocycles. The summed E-state index contributed by atoms with van der Waals surface area (Å²) in [6, 6.07) is 14.3. The Bertz CT molecular complexity index is 518. The minimum absolute atomic E-state index is 0.214. The zero-order valence-corrected chi connectivity index (χ0v) is 8.78. The highest BCUT2D eigenvalue weighted by Crippen LogP contribution is 2.13. The van der Waals surface area contributed by atoms with Crippen LogP contribution >= 0.6 is 0 Å². The van der Waals surface area contributed by atoms with E-state index in [-0.39, 0.29) is 5.82 Å². The van der Waals surface area contributed by atoms with Gasteiger partial charge in [0.05, 0.1) is 0 Å². The molecular weight excluding hydrogens is 199 g/mol. The summed E-state index contributed by atoms with van der Waals surface area (Å²) >= 11 is 0. The summed E-state index contributed by atoms with van der Waals surface area (Å²) in [6.07, 6.45) is 6.16. The first kappa shape index (κ1) is 10.4. The highest BCUT2D eigenvalue weighted by Gasteiger charge is 2.00. The Morgan fingerprint density at radius 2 is 1.69 bits per heavy atom. The summed E-state index contributed by atoms with van der Waals surface area (Å²) in [5, 5.41) is 0. The third-order valence-corrected chi connectivity index (χ3v) is 2.48. The van der Waals surface area contributed by atoms with Gasteiger partial charge in [-0.1, -0.05) is 36.3 Å². The Hall–Kier alpha value is -2.07. The van der Waals surface area contributed by atoms with Crippen LogP contribution in [-0.2, 0) is 6.42 Å². The van der Waals surface area contributed by atoms with E-state index in [2.05, 4.69) is 5.92 Å². The summed E-state index contributed by atoms with van der Waals surface area (Å²) in [7, 11) is 0. The molecule has 0 aliphatic heterocycles. The minimum Gasteiger partial charge on any atom is -0.207 e. The van der Waals surface area contributed by atoms with Gasteiger partial charge in [0.15, 0.2) is 0 Å². The number of terminal acetylenes is 1. The van der Waals surface area contributed by atoms with Crippen molar-refractivity contribution in [3.8, 4) is 12.3 Å². The van der Waals surface area contributed by atoms with Gasteiger partial charge in [-0.3, -0.25) is 0 Å². The SMILES string of the molecule is C#Cc1ccccc1Cc1ccc(F)cc1. The molecule has 0 unspecified atom stereocenters. The van der Waals surface area contributed by atoms with Gasteiger partial charge >= 0.3 is 0 Å². The summed E-state index contributed by atoms with van der Waals surface area (Å²) in [5.74, 6) is 2.44. The maximum Gasteiger partial charge on any atom is 0.123 e. The van der Waals surface area contributed by atoms with Gasteiger partial charge in [-0.25, -0.2) is 4.39 Å². The van der Waals surface area contributed by atoms with Crippen LogP contribution in [0.25, 0.3) is 0 Å². The first-order valence-electron chi connectivity index (χ1n) is 5.08. The molecule has 0 aromatic heterocycles. The van der Waals surface area contributed by atoms with Crippen molar-refractivity contribution >= 4 is 0 Å². The molecule has 0 heterocycles. The quantitative estimate of drug-likeness (QED) is 0.666. The fourth-order valence-electron chi connectivity index (χ4n) is 1.64. The highest BCUT2D eigenvalue weighted by molar-refractivity contribution is 5.42. The van der Waals surface area contributed by atoms with Crippen molar-refractivity contribution in [2.45, 2.75) is 6.42 Å². The average Bonchev–Trinajstić information content (AvgIpc) is 2.33. The Kier molecular flexibility index (Phi) is 3.03. The van der Waals surface area contributed by atoms with Crippen LogP contribution in [-0.4, -0.2) is 0 Å². The molecule has 0 aliphatic carbocycles. The first-order chi connectivity index (χ1) is 7.79. The first-order valence-corrected chi connectivity index (χ1v) is 5.08. The molecule has 0 N–H and O–H groups in total. The molecule has 2 rings (SSSR count). The Morgan fingerprint density at radius 3 is 2.38 bits per heavy atom. The van der Waals surface area contributed by atoms with Crippen molar-refractivity contribution in [3.05, 3.63) is 71.0 Å². The number of rotatable bonds is 2. The van der Waals surface area contributed by atoms with Crippen LogP contribution in [0.1, 0.15) is 16.7 Å². The molecule has 16 heavy (non-hydrogen) atoms. The summed E-state index contributed by atoms with van der Waals surface area (Å²) in [5.41, 5.74) is 3.05. The lowest BCUT2D eigenvalue weighted by atomic mass is 10.0. The van der Waals surface area contributed by atoms with Gasteiger partial charge in [0.2, 0.25) is 0 Å². The van der Waals surface area contributed by atoms with Gasteiger partial charge in [-0.2, -0.15) is 0 Å². The Labute approximate surface area is 94.7 Å². The molecule has 0 atom stereocenters. The van der Waals surface area contributed by atoms with E-state index in [1.165, 1.54) is 12.1 Å². The second-order valence-electron chi connectivity index (χ2n) is 3.60. The predicted octanol–water partition coefficient (Wildman–Crippen LogP) is 3.40. The fraction of sp³-hybridized carbons (Fsp3) is 0.0667. The van der Waals surface area contributed by atoms with E-state index in [0.29, 0.717) is 0 Å². The molecule has 0 spiro atoms. The summed E-state index contributed by atoms with van der Waals surface area (Å²) in [4.78, 5) is 0. The van der Waals surface area contributed by atoms with Crippen LogP contribution in [0.5, 0.6) is 0 Å². The van der Waals surface area contributed by atoms with E-state index in [9.17, 15) is 4.39 Å².